The van der Waals surface area contributed by atoms with E-state index in [1.165, 1.54) is 18.9 Å². The SMILES string of the molecule is CC[C@H]1OC(=O)[C@@](C)(F)C(=O)[C@H](C)[C@@H](O[C@@H]2O[C@H](C)C[C@H](N(C)CCC(C)(C)C)[C@H]2O)[C@](C)(OC)C[C@@H](C)C(=O)[C@H](C)[C@H]2N(CCCCn3cnc(-c4cccnc4)c3)C(=O)O[C@]12C. The number of rotatable bonds is 13. The number of aliphatic hydroxyl groups excluding tert-OH is 1. The lowest BCUT2D eigenvalue weighted by Crippen LogP contribution is -2.62. The van der Waals surface area contributed by atoms with Gasteiger partial charge in [-0.1, -0.05) is 48.5 Å². The maximum Gasteiger partial charge on any atom is 0.410 e. The minimum absolute atomic E-state index is 0.00291. The zero-order valence-electron chi connectivity index (χ0n) is 40.3. The Morgan fingerprint density at radius 3 is 2.36 bits per heavy atom. The molecule has 3 aliphatic heterocycles. The summed E-state index contributed by atoms with van der Waals surface area (Å²) in [5.41, 5.74) is -4.51. The summed E-state index contributed by atoms with van der Waals surface area (Å²) < 4.78 is 50.1. The molecule has 0 unspecified atom stereocenters. The number of likely N-dealkylation sites (N-methyl/N-ethyl adjacent to an activating group) is 1. The number of aromatic nitrogens is 3. The number of nitrogens with zero attached hydrogens (tertiary/aromatic N) is 5. The van der Waals surface area contributed by atoms with Gasteiger partial charge in [0, 0.05) is 68.1 Å². The Balaban J connectivity index is 1.45. The molecular weight excluding hydrogens is 826 g/mol. The number of alkyl halides is 1. The molecule has 0 saturated carbocycles. The minimum Gasteiger partial charge on any atom is -0.455 e. The van der Waals surface area contributed by atoms with Crippen LogP contribution < -0.4 is 0 Å². The molecule has 3 fully saturated rings. The fourth-order valence-corrected chi connectivity index (χ4v) is 10.0. The van der Waals surface area contributed by atoms with Gasteiger partial charge in [0.2, 0.25) is 0 Å². The quantitative estimate of drug-likeness (QED) is 0.126. The Morgan fingerprint density at radius 2 is 1.73 bits per heavy atom. The number of hydrogen-bond acceptors (Lipinski definition) is 13. The van der Waals surface area contributed by atoms with E-state index in [2.05, 4.69) is 35.6 Å². The Morgan fingerprint density at radius 1 is 1.05 bits per heavy atom. The van der Waals surface area contributed by atoms with Crippen LogP contribution in [0.1, 0.15) is 115 Å². The van der Waals surface area contributed by atoms with Crippen molar-refractivity contribution in [3.05, 3.63) is 37.1 Å². The Kier molecular flexibility index (Phi) is 16.3. The van der Waals surface area contributed by atoms with Crippen molar-refractivity contribution in [2.45, 2.75) is 181 Å². The lowest BCUT2D eigenvalue weighted by molar-refractivity contribution is -0.296. The van der Waals surface area contributed by atoms with Crippen molar-refractivity contribution in [2.24, 2.45) is 23.2 Å². The van der Waals surface area contributed by atoms with Gasteiger partial charge in [-0.2, -0.15) is 0 Å². The predicted molar refractivity (Wildman–Crippen MR) is 238 cm³/mol. The van der Waals surface area contributed by atoms with Crippen LogP contribution >= 0.6 is 0 Å². The molecule has 16 heteroatoms. The highest BCUT2D eigenvalue weighted by molar-refractivity contribution is 6.08. The molecular formula is C48H74FN5O10. The van der Waals surface area contributed by atoms with Crippen LogP contribution in [-0.2, 0) is 44.6 Å². The number of cyclic esters (lactones) is 1. The minimum atomic E-state index is -3.19. The van der Waals surface area contributed by atoms with Crippen LogP contribution in [0.5, 0.6) is 0 Å². The van der Waals surface area contributed by atoms with E-state index >= 15 is 4.39 Å². The molecule has 1 N–H and O–H groups in total. The molecule has 64 heavy (non-hydrogen) atoms. The number of pyridine rings is 1. The summed E-state index contributed by atoms with van der Waals surface area (Å²) in [5, 5.41) is 11.8. The molecule has 0 aromatic carbocycles. The normalized spacial score (nSPS) is 35.8. The number of halogens is 1. The fourth-order valence-electron chi connectivity index (χ4n) is 10.0. The van der Waals surface area contributed by atoms with Crippen molar-refractivity contribution < 1.29 is 52.4 Å². The Labute approximate surface area is 379 Å². The van der Waals surface area contributed by atoms with Gasteiger partial charge in [0.05, 0.1) is 35.9 Å². The number of fused-ring (bicyclic) bond motifs is 1. The molecule has 13 atom stereocenters. The molecule has 5 heterocycles. The zero-order chi connectivity index (χ0) is 47.5. The second-order valence-electron chi connectivity index (χ2n) is 20.4. The molecule has 2 aromatic heterocycles. The van der Waals surface area contributed by atoms with Gasteiger partial charge in [0.1, 0.15) is 18.0 Å². The van der Waals surface area contributed by atoms with E-state index in [1.807, 2.05) is 36.9 Å². The van der Waals surface area contributed by atoms with Crippen molar-refractivity contribution in [1.82, 2.24) is 24.3 Å². The molecule has 0 aliphatic carbocycles. The predicted octanol–water partition coefficient (Wildman–Crippen LogP) is 6.83. The second-order valence-corrected chi connectivity index (χ2v) is 20.4. The largest absolute Gasteiger partial charge is 0.455 e. The number of carbonyl (C=O) groups excluding carboxylic acids is 4. The van der Waals surface area contributed by atoms with Crippen LogP contribution in [0.25, 0.3) is 11.3 Å². The number of unbranched alkanes of at least 4 members (excludes halogenated alkanes) is 1. The van der Waals surface area contributed by atoms with Crippen LogP contribution in [0, 0.1) is 23.2 Å². The standard InChI is InChI=1S/C48H74FN5O10/c1-14-36-48(11)39(54(44(59)64-48)22-16-15-21-53-27-34(51-28-53)33-18-17-20-50-26-33)31(4)37(55)29(2)25-46(9,60-13)41(32(5)40(57)47(10,49)43(58)62-36)63-42-38(56)35(24-30(3)61-42)52(12)23-19-45(6,7)8/h17-18,20,26-32,35-36,38-39,41-42,56H,14-16,19,21-25H2,1-13H3/t29-,30-,31+,32+,35+,36-,38-,39-,41-,42+,46-,47+,48-/m1/s1. The maximum atomic E-state index is 17.1. The van der Waals surface area contributed by atoms with Crippen molar-refractivity contribution in [1.29, 1.82) is 0 Å². The number of hydrogen-bond donors (Lipinski definition) is 1. The highest BCUT2D eigenvalue weighted by Crippen LogP contribution is 2.44. The highest BCUT2D eigenvalue weighted by atomic mass is 19.1. The third-order valence-electron chi connectivity index (χ3n) is 14.0. The third kappa shape index (κ3) is 11.1. The van der Waals surface area contributed by atoms with Gasteiger partial charge in [-0.15, -0.1) is 0 Å². The number of imidazole rings is 1. The summed E-state index contributed by atoms with van der Waals surface area (Å²) >= 11 is 0. The first-order valence-electron chi connectivity index (χ1n) is 23.0. The summed E-state index contributed by atoms with van der Waals surface area (Å²) in [5.74, 6) is -5.80. The first-order chi connectivity index (χ1) is 29.9. The van der Waals surface area contributed by atoms with Crippen molar-refractivity contribution in [3.8, 4) is 11.3 Å². The average Bonchev–Trinajstić information content (AvgIpc) is 3.83. The zero-order valence-corrected chi connectivity index (χ0v) is 40.3. The van der Waals surface area contributed by atoms with Crippen LogP contribution in [0.2, 0.25) is 0 Å². The first kappa shape index (κ1) is 51.2. The van der Waals surface area contributed by atoms with E-state index in [0.29, 0.717) is 32.4 Å². The third-order valence-corrected chi connectivity index (χ3v) is 14.0. The lowest BCUT2D eigenvalue weighted by Gasteiger charge is -2.47. The van der Waals surface area contributed by atoms with Crippen LogP contribution in [0.3, 0.4) is 0 Å². The topological polar surface area (TPSA) is 172 Å². The molecule has 0 radical (unpaired) electrons. The highest BCUT2D eigenvalue weighted by Gasteiger charge is 2.61. The number of aliphatic hydroxyl groups is 1. The summed E-state index contributed by atoms with van der Waals surface area (Å²) in [7, 11) is 3.36. The van der Waals surface area contributed by atoms with Crippen molar-refractivity contribution in [2.75, 3.05) is 27.2 Å². The van der Waals surface area contributed by atoms with Gasteiger partial charge in [0.15, 0.2) is 17.7 Å². The van der Waals surface area contributed by atoms with Crippen molar-refractivity contribution >= 4 is 23.6 Å². The molecule has 358 valence electrons. The molecule has 1 amide bonds. The van der Waals surface area contributed by atoms with E-state index < -0.39 is 83.1 Å². The lowest BCUT2D eigenvalue weighted by atomic mass is 9.73. The van der Waals surface area contributed by atoms with Crippen LogP contribution in [0.4, 0.5) is 9.18 Å². The number of ketones is 2. The summed E-state index contributed by atoms with van der Waals surface area (Å²) in [6.07, 6.45) is 3.76. The van der Waals surface area contributed by atoms with Gasteiger partial charge in [0.25, 0.3) is 5.67 Å². The number of Topliss-reactive ketones (excluding diaryl/α,β-unsaturated/α-hetero) is 2. The van der Waals surface area contributed by atoms with E-state index in [0.717, 1.165) is 24.6 Å². The molecule has 3 aliphatic rings. The fraction of sp³-hybridized carbons (Fsp3) is 0.750. The number of amides is 1. The molecule has 2 aromatic rings. The molecule has 0 spiro atoms. The first-order valence-corrected chi connectivity index (χ1v) is 23.0. The summed E-state index contributed by atoms with van der Waals surface area (Å²) in [4.78, 5) is 69.5. The molecule has 3 saturated heterocycles. The van der Waals surface area contributed by atoms with Gasteiger partial charge in [-0.05, 0) is 97.4 Å². The van der Waals surface area contributed by atoms with Gasteiger partial charge < -0.3 is 43.2 Å². The van der Waals surface area contributed by atoms with E-state index in [1.54, 1.807) is 53.3 Å². The van der Waals surface area contributed by atoms with E-state index in [4.69, 9.17) is 23.7 Å². The average molecular weight is 900 g/mol. The van der Waals surface area contributed by atoms with E-state index in [-0.39, 0.29) is 42.7 Å². The number of carbonyl (C=O) groups is 4. The Bertz CT molecular complexity index is 1920. The van der Waals surface area contributed by atoms with Crippen molar-refractivity contribution in [3.63, 3.8) is 0 Å². The maximum absolute atomic E-state index is 17.1. The Hall–Kier alpha value is -3.83. The van der Waals surface area contributed by atoms with Crippen LogP contribution in [-0.4, -0.2) is 140 Å². The second kappa shape index (κ2) is 20.4. The molecule has 0 bridgehead atoms. The van der Waals surface area contributed by atoms with Gasteiger partial charge in [-0.25, -0.2) is 19.0 Å². The number of methoxy groups -OCH3 is 1. The number of aryl methyl sites for hydroxylation is 1. The van der Waals surface area contributed by atoms with Gasteiger partial charge in [-0.3, -0.25) is 14.6 Å². The summed E-state index contributed by atoms with van der Waals surface area (Å²) in [6.45, 7) is 20.6. The number of ether oxygens (including phenoxy) is 5. The van der Waals surface area contributed by atoms with Gasteiger partial charge >= 0.3 is 12.1 Å². The summed E-state index contributed by atoms with van der Waals surface area (Å²) in [6, 6.07) is 2.48. The molecule has 15 nitrogen and oxygen atoms in total. The van der Waals surface area contributed by atoms with Crippen LogP contribution in [0.15, 0.2) is 37.1 Å². The van der Waals surface area contributed by atoms with E-state index in [9.17, 15) is 24.3 Å². The number of esters is 1. The monoisotopic (exact) mass is 900 g/mol. The smallest absolute Gasteiger partial charge is 0.410 e. The molecule has 5 rings (SSSR count).